The van der Waals surface area contributed by atoms with E-state index in [0.717, 1.165) is 25.7 Å². The number of aliphatic hydroxyl groups excluding tert-OH is 1. The molecular formula is C23H31N5O8. The Balaban J connectivity index is 1.14. The van der Waals surface area contributed by atoms with Crippen molar-refractivity contribution in [3.63, 3.8) is 0 Å². The standard InChI is InChI=1S/C23H31N5O8/c1-27(2)15(21(30)33-9-12-5-3-4-6-12)10-34-22(31)36-19-18-23(19,32)17(29)16(35-18)13-7-8-14-20(24)25-11-26-28(13)14/h7-8,11-12,15-19,29,32H,3-6,9-10H2,1-2H3,(H2,24,25,26)/t15-,16-,17-,18+,19?,23-/m0/s1. The number of esters is 1. The molecule has 1 saturated heterocycles. The van der Waals surface area contributed by atoms with Crippen molar-refractivity contribution in [2.24, 2.45) is 5.92 Å². The molecule has 0 spiro atoms. The summed E-state index contributed by atoms with van der Waals surface area (Å²) in [5, 5.41) is 25.8. The lowest BCUT2D eigenvalue weighted by atomic mass is 10.1. The zero-order valence-electron chi connectivity index (χ0n) is 20.1. The minimum absolute atomic E-state index is 0.259. The number of likely N-dealkylation sites (N-methyl/N-ethyl adjacent to an activating group) is 1. The topological polar surface area (TPSA) is 171 Å². The second-order valence-electron chi connectivity index (χ2n) is 9.87. The molecule has 36 heavy (non-hydrogen) atoms. The van der Waals surface area contributed by atoms with Gasteiger partial charge >= 0.3 is 12.1 Å². The first kappa shape index (κ1) is 24.7. The van der Waals surface area contributed by atoms with Crippen molar-refractivity contribution in [1.82, 2.24) is 19.5 Å². The van der Waals surface area contributed by atoms with Crippen LogP contribution in [-0.4, -0.2) is 99.1 Å². The minimum Gasteiger partial charge on any atom is -0.464 e. The molecule has 196 valence electrons. The maximum atomic E-state index is 12.5. The fraction of sp³-hybridized carbons (Fsp3) is 0.652. The lowest BCUT2D eigenvalue weighted by molar-refractivity contribution is -0.152. The van der Waals surface area contributed by atoms with Gasteiger partial charge in [0.05, 0.1) is 12.3 Å². The third-order valence-electron chi connectivity index (χ3n) is 7.35. The van der Waals surface area contributed by atoms with Crippen molar-refractivity contribution in [2.45, 2.75) is 61.7 Å². The average molecular weight is 506 g/mol. The van der Waals surface area contributed by atoms with E-state index in [9.17, 15) is 19.8 Å². The van der Waals surface area contributed by atoms with E-state index in [1.807, 2.05) is 0 Å². The van der Waals surface area contributed by atoms with Gasteiger partial charge in [-0.25, -0.2) is 14.3 Å². The van der Waals surface area contributed by atoms with Crippen LogP contribution in [0.15, 0.2) is 18.5 Å². The van der Waals surface area contributed by atoms with Gasteiger partial charge in [-0.05, 0) is 45.0 Å². The van der Waals surface area contributed by atoms with Crippen molar-refractivity contribution >= 4 is 23.5 Å². The Morgan fingerprint density at radius 1 is 1.31 bits per heavy atom. The van der Waals surface area contributed by atoms with Crippen LogP contribution in [0.3, 0.4) is 0 Å². The first-order chi connectivity index (χ1) is 17.2. The molecule has 0 radical (unpaired) electrons. The summed E-state index contributed by atoms with van der Waals surface area (Å²) in [5.74, 6) is 0.157. The van der Waals surface area contributed by atoms with Gasteiger partial charge in [-0.15, -0.1) is 0 Å². The van der Waals surface area contributed by atoms with Gasteiger partial charge in [-0.1, -0.05) is 12.8 Å². The van der Waals surface area contributed by atoms with Crippen LogP contribution in [0.5, 0.6) is 0 Å². The molecule has 0 aromatic carbocycles. The SMILES string of the molecule is CN(C)[C@@H](COC(=O)OC1[C@H]2O[C@@H](c3ccc4c(N)ncnn34)[C@H](O)[C@@]12O)C(=O)OCC1CCCC1. The highest BCUT2D eigenvalue weighted by molar-refractivity contribution is 5.76. The molecule has 4 N–H and O–H groups in total. The van der Waals surface area contributed by atoms with E-state index in [4.69, 9.17) is 24.7 Å². The van der Waals surface area contributed by atoms with Crippen LogP contribution in [0.4, 0.5) is 10.6 Å². The van der Waals surface area contributed by atoms with Crippen molar-refractivity contribution in [2.75, 3.05) is 33.0 Å². The minimum atomic E-state index is -1.80. The highest BCUT2D eigenvalue weighted by Gasteiger charge is 2.79. The van der Waals surface area contributed by atoms with Crippen LogP contribution in [-0.2, 0) is 23.7 Å². The molecule has 13 nitrogen and oxygen atoms in total. The molecule has 13 heteroatoms. The van der Waals surface area contributed by atoms with Crippen LogP contribution >= 0.6 is 0 Å². The average Bonchev–Trinajstić information content (AvgIpc) is 3.33. The van der Waals surface area contributed by atoms with Crippen molar-refractivity contribution in [3.8, 4) is 0 Å². The van der Waals surface area contributed by atoms with Gasteiger partial charge in [0.1, 0.15) is 42.8 Å². The summed E-state index contributed by atoms with van der Waals surface area (Å²) < 4.78 is 23.0. The molecule has 3 aliphatic rings. The molecule has 1 aliphatic heterocycles. The third kappa shape index (κ3) is 4.25. The van der Waals surface area contributed by atoms with Crippen molar-refractivity contribution in [3.05, 3.63) is 24.2 Å². The van der Waals surface area contributed by atoms with E-state index in [2.05, 4.69) is 10.1 Å². The molecule has 2 saturated carbocycles. The normalized spacial score (nSPS) is 30.4. The number of fused-ring (bicyclic) bond motifs is 2. The number of hydrogen-bond acceptors (Lipinski definition) is 12. The number of nitrogens with zero attached hydrogens (tertiary/aromatic N) is 4. The molecule has 5 rings (SSSR count). The molecule has 1 unspecified atom stereocenters. The fourth-order valence-corrected chi connectivity index (χ4v) is 5.08. The van der Waals surface area contributed by atoms with Gasteiger partial charge in [-0.2, -0.15) is 5.10 Å². The summed E-state index contributed by atoms with van der Waals surface area (Å²) in [4.78, 5) is 30.3. The molecule has 0 amide bonds. The van der Waals surface area contributed by atoms with Crippen LogP contribution < -0.4 is 5.73 Å². The lowest BCUT2D eigenvalue weighted by Crippen LogP contribution is -2.42. The third-order valence-corrected chi connectivity index (χ3v) is 7.35. The Morgan fingerprint density at radius 3 is 2.72 bits per heavy atom. The zero-order valence-corrected chi connectivity index (χ0v) is 20.1. The number of hydrogen-bond donors (Lipinski definition) is 3. The first-order valence-corrected chi connectivity index (χ1v) is 12.0. The molecule has 2 aromatic heterocycles. The summed E-state index contributed by atoms with van der Waals surface area (Å²) in [6.07, 6.45) is 0.201. The molecule has 0 bridgehead atoms. The molecule has 6 atom stereocenters. The Hall–Kier alpha value is -3.00. The maximum absolute atomic E-state index is 12.5. The number of carbonyl (C=O) groups is 2. The predicted octanol–water partition coefficient (Wildman–Crippen LogP) is 0.0424. The largest absolute Gasteiger partial charge is 0.508 e. The number of rotatable bonds is 8. The van der Waals surface area contributed by atoms with Gasteiger partial charge in [0.15, 0.2) is 17.5 Å². The van der Waals surface area contributed by atoms with Crippen LogP contribution in [0.25, 0.3) is 5.52 Å². The lowest BCUT2D eigenvalue weighted by Gasteiger charge is -2.24. The Labute approximate surface area is 207 Å². The predicted molar refractivity (Wildman–Crippen MR) is 123 cm³/mol. The highest BCUT2D eigenvalue weighted by atomic mass is 16.7. The van der Waals surface area contributed by atoms with Gasteiger partial charge in [0.2, 0.25) is 0 Å². The summed E-state index contributed by atoms with van der Waals surface area (Å²) in [7, 11) is 3.36. The summed E-state index contributed by atoms with van der Waals surface area (Å²) >= 11 is 0. The molecule has 3 fully saturated rings. The number of aliphatic hydroxyl groups is 2. The van der Waals surface area contributed by atoms with Crippen LogP contribution in [0.1, 0.15) is 37.5 Å². The van der Waals surface area contributed by atoms with E-state index in [1.54, 1.807) is 31.1 Å². The van der Waals surface area contributed by atoms with Crippen LogP contribution in [0.2, 0.25) is 0 Å². The molecule has 2 aliphatic carbocycles. The Morgan fingerprint density at radius 2 is 2.06 bits per heavy atom. The summed E-state index contributed by atoms with van der Waals surface area (Å²) in [6, 6.07) is 2.55. The van der Waals surface area contributed by atoms with Gasteiger partial charge in [0.25, 0.3) is 0 Å². The Kier molecular flexibility index (Phi) is 6.49. The molecule has 3 heterocycles. The number of carbonyl (C=O) groups excluding carboxylic acids is 2. The summed E-state index contributed by atoms with van der Waals surface area (Å²) in [6.45, 7) is 0.0742. The smallest absolute Gasteiger partial charge is 0.464 e. The number of ether oxygens (including phenoxy) is 4. The second-order valence-corrected chi connectivity index (χ2v) is 9.87. The molecular weight excluding hydrogens is 474 g/mol. The Bertz CT molecular complexity index is 1130. The van der Waals surface area contributed by atoms with Crippen molar-refractivity contribution in [1.29, 1.82) is 0 Å². The van der Waals surface area contributed by atoms with Crippen LogP contribution in [0, 0.1) is 5.92 Å². The monoisotopic (exact) mass is 505 g/mol. The van der Waals surface area contributed by atoms with E-state index in [-0.39, 0.29) is 12.4 Å². The quantitative estimate of drug-likeness (QED) is 0.412. The van der Waals surface area contributed by atoms with E-state index in [0.29, 0.717) is 23.7 Å². The summed E-state index contributed by atoms with van der Waals surface area (Å²) in [5.41, 5.74) is 5.05. The van der Waals surface area contributed by atoms with Crippen molar-refractivity contribution < 1.29 is 38.7 Å². The fourth-order valence-electron chi connectivity index (χ4n) is 5.08. The van der Waals surface area contributed by atoms with Gasteiger partial charge in [-0.3, -0.25) is 9.69 Å². The van der Waals surface area contributed by atoms with E-state index >= 15 is 0 Å². The number of nitrogen functional groups attached to an aromatic ring is 1. The number of aromatic nitrogens is 3. The van der Waals surface area contributed by atoms with Gasteiger partial charge in [0, 0.05) is 0 Å². The highest BCUT2D eigenvalue weighted by Crippen LogP contribution is 2.56. The number of anilines is 1. The van der Waals surface area contributed by atoms with E-state index in [1.165, 1.54) is 10.8 Å². The van der Waals surface area contributed by atoms with E-state index < -0.39 is 48.2 Å². The first-order valence-electron chi connectivity index (χ1n) is 12.0. The zero-order chi connectivity index (χ0) is 25.6. The maximum Gasteiger partial charge on any atom is 0.508 e. The second kappa shape index (κ2) is 9.47. The number of nitrogens with two attached hydrogens (primary N) is 1. The molecule has 2 aromatic rings. The van der Waals surface area contributed by atoms with Gasteiger partial charge < -0.3 is 34.9 Å².